The fourth-order valence-electron chi connectivity index (χ4n) is 4.66. The molecular weight excluding hydrogens is 473 g/mol. The maximum atomic E-state index is 15.7. The van der Waals surface area contributed by atoms with Gasteiger partial charge in [-0.2, -0.15) is 14.9 Å². The van der Waals surface area contributed by atoms with Crippen molar-refractivity contribution in [1.82, 2.24) is 28.9 Å². The predicted octanol–water partition coefficient (Wildman–Crippen LogP) is 4.83. The van der Waals surface area contributed by atoms with E-state index < -0.39 is 18.2 Å². The van der Waals surface area contributed by atoms with Gasteiger partial charge in [0, 0.05) is 58.9 Å². The fraction of sp³-hybridized carbons (Fsp3) is 0.125. The SMILES string of the molecule is [B]n1nc2c(c1C)C(c1ccc(-c3cnn(C(F)(F)F)c3)cc1F)N(c1ccn3ccnc3c1)C2=C. The zero-order valence-corrected chi connectivity index (χ0v) is 18.8. The fourth-order valence-corrected chi connectivity index (χ4v) is 4.66. The average molecular weight is 489 g/mol. The Morgan fingerprint density at radius 3 is 2.61 bits per heavy atom. The highest BCUT2D eigenvalue weighted by Crippen LogP contribution is 2.48. The normalized spacial score (nSPS) is 15.8. The summed E-state index contributed by atoms with van der Waals surface area (Å²) in [5, 5.41) is 7.72. The Bertz CT molecular complexity index is 1660. The lowest BCUT2D eigenvalue weighted by atomic mass is 9.96. The lowest BCUT2D eigenvalue weighted by Gasteiger charge is -2.29. The van der Waals surface area contributed by atoms with Crippen LogP contribution < -0.4 is 4.90 Å². The van der Waals surface area contributed by atoms with Crippen molar-refractivity contribution in [2.24, 2.45) is 0 Å². The first kappa shape index (κ1) is 22.1. The molecule has 0 saturated carbocycles. The van der Waals surface area contributed by atoms with E-state index in [2.05, 4.69) is 21.8 Å². The van der Waals surface area contributed by atoms with Gasteiger partial charge < -0.3 is 13.9 Å². The van der Waals surface area contributed by atoms with Crippen molar-refractivity contribution in [1.29, 1.82) is 0 Å². The maximum Gasteiger partial charge on any atom is 0.504 e. The van der Waals surface area contributed by atoms with Crippen LogP contribution in [0.4, 0.5) is 23.2 Å². The first-order chi connectivity index (χ1) is 17.1. The molecule has 0 amide bonds. The molecule has 1 aliphatic rings. The Labute approximate surface area is 203 Å². The third-order valence-electron chi connectivity index (χ3n) is 6.42. The Morgan fingerprint density at radius 2 is 1.89 bits per heavy atom. The number of fused-ring (bicyclic) bond motifs is 2. The number of anilines is 1. The summed E-state index contributed by atoms with van der Waals surface area (Å²) in [5.74, 6) is -0.603. The molecule has 0 N–H and O–H groups in total. The number of imidazole rings is 1. The Balaban J connectivity index is 1.48. The molecule has 178 valence electrons. The number of hydrogen-bond acceptors (Lipinski definition) is 4. The molecule has 0 bridgehead atoms. The van der Waals surface area contributed by atoms with Gasteiger partial charge in [-0.1, -0.05) is 18.7 Å². The summed E-state index contributed by atoms with van der Waals surface area (Å²) < 4.78 is 57.5. The van der Waals surface area contributed by atoms with E-state index in [0.717, 1.165) is 18.1 Å². The van der Waals surface area contributed by atoms with E-state index in [1.54, 1.807) is 25.3 Å². The summed E-state index contributed by atoms with van der Waals surface area (Å²) in [6, 6.07) is 7.38. The van der Waals surface area contributed by atoms with E-state index in [-0.39, 0.29) is 15.8 Å². The van der Waals surface area contributed by atoms with E-state index in [4.69, 9.17) is 7.98 Å². The number of pyridine rings is 1. The smallest absolute Gasteiger partial charge is 0.328 e. The van der Waals surface area contributed by atoms with Gasteiger partial charge in [-0.25, -0.2) is 9.37 Å². The number of nitrogens with zero attached hydrogens (tertiary/aromatic N) is 7. The molecular formula is C24H16BF4N7. The average Bonchev–Trinajstić information content (AvgIpc) is 3.60. The molecule has 7 nitrogen and oxygen atoms in total. The summed E-state index contributed by atoms with van der Waals surface area (Å²) in [7, 11) is 6.01. The van der Waals surface area contributed by atoms with E-state index in [0.29, 0.717) is 33.9 Å². The van der Waals surface area contributed by atoms with Crippen molar-refractivity contribution in [2.75, 3.05) is 4.90 Å². The Hall–Kier alpha value is -4.35. The molecule has 6 rings (SSSR count). The van der Waals surface area contributed by atoms with E-state index in [9.17, 15) is 13.2 Å². The molecule has 5 heterocycles. The van der Waals surface area contributed by atoms with Crippen molar-refractivity contribution >= 4 is 25.0 Å². The van der Waals surface area contributed by atoms with E-state index >= 15 is 4.39 Å². The topological polar surface area (TPSA) is 56.2 Å². The van der Waals surface area contributed by atoms with Crippen LogP contribution in [0.15, 0.2) is 67.9 Å². The van der Waals surface area contributed by atoms with Crippen LogP contribution >= 0.6 is 0 Å². The van der Waals surface area contributed by atoms with Crippen LogP contribution in [0.1, 0.15) is 28.6 Å². The molecule has 1 aromatic carbocycles. The molecule has 0 spiro atoms. The number of aromatic nitrogens is 6. The molecule has 12 heteroatoms. The van der Waals surface area contributed by atoms with Gasteiger partial charge >= 0.3 is 6.30 Å². The molecule has 0 saturated heterocycles. The Kier molecular flexibility index (Phi) is 4.66. The minimum absolute atomic E-state index is 0.117. The summed E-state index contributed by atoms with van der Waals surface area (Å²) in [6.07, 6.45) is 2.53. The van der Waals surface area contributed by atoms with Gasteiger partial charge in [-0.05, 0) is 24.6 Å². The predicted molar refractivity (Wildman–Crippen MR) is 126 cm³/mol. The molecule has 0 aliphatic carbocycles. The quantitative estimate of drug-likeness (QED) is 0.269. The van der Waals surface area contributed by atoms with Crippen LogP contribution in [0.25, 0.3) is 22.5 Å². The molecule has 4 aromatic heterocycles. The van der Waals surface area contributed by atoms with Crippen LogP contribution in [0.3, 0.4) is 0 Å². The Morgan fingerprint density at radius 1 is 1.08 bits per heavy atom. The number of benzene rings is 1. The lowest BCUT2D eigenvalue weighted by Crippen LogP contribution is -2.24. The largest absolute Gasteiger partial charge is 0.504 e. The second-order valence-corrected chi connectivity index (χ2v) is 8.47. The van der Waals surface area contributed by atoms with Crippen molar-refractivity contribution < 1.29 is 17.6 Å². The monoisotopic (exact) mass is 489 g/mol. The molecule has 5 aromatic rings. The van der Waals surface area contributed by atoms with Crippen molar-refractivity contribution in [2.45, 2.75) is 19.3 Å². The van der Waals surface area contributed by atoms with Crippen LogP contribution in [0.2, 0.25) is 0 Å². The molecule has 2 radical (unpaired) electrons. The number of hydrogen-bond donors (Lipinski definition) is 0. The van der Waals surface area contributed by atoms with Gasteiger partial charge in [-0.15, -0.1) is 13.2 Å². The van der Waals surface area contributed by atoms with Crippen LogP contribution in [-0.2, 0) is 6.30 Å². The molecule has 0 fully saturated rings. The highest BCUT2D eigenvalue weighted by Gasteiger charge is 2.40. The van der Waals surface area contributed by atoms with Crippen molar-refractivity contribution in [3.8, 4) is 11.1 Å². The van der Waals surface area contributed by atoms with Gasteiger partial charge in [-0.3, -0.25) is 0 Å². The van der Waals surface area contributed by atoms with Crippen molar-refractivity contribution in [3.63, 3.8) is 0 Å². The minimum Gasteiger partial charge on any atom is -0.328 e. The van der Waals surface area contributed by atoms with Gasteiger partial charge in [0.25, 0.3) is 7.98 Å². The second kappa shape index (κ2) is 7.58. The first-order valence-corrected chi connectivity index (χ1v) is 10.8. The van der Waals surface area contributed by atoms with Crippen molar-refractivity contribution in [3.05, 3.63) is 96.2 Å². The maximum absolute atomic E-state index is 15.7. The molecule has 36 heavy (non-hydrogen) atoms. The zero-order chi connectivity index (χ0) is 25.4. The van der Waals surface area contributed by atoms with E-state index in [1.807, 2.05) is 33.8 Å². The minimum atomic E-state index is -4.66. The van der Waals surface area contributed by atoms with Crippen LogP contribution in [0, 0.1) is 12.7 Å². The van der Waals surface area contributed by atoms with Crippen LogP contribution in [-0.4, -0.2) is 36.8 Å². The third kappa shape index (κ3) is 3.24. The first-order valence-electron chi connectivity index (χ1n) is 10.8. The summed E-state index contributed by atoms with van der Waals surface area (Å²) in [6.45, 7) is 5.98. The summed E-state index contributed by atoms with van der Waals surface area (Å²) in [4.78, 5) is 6.19. The second-order valence-electron chi connectivity index (χ2n) is 8.47. The molecule has 1 unspecified atom stereocenters. The number of halogens is 4. The highest BCUT2D eigenvalue weighted by atomic mass is 19.4. The van der Waals surface area contributed by atoms with Gasteiger partial charge in [0.05, 0.1) is 17.9 Å². The zero-order valence-electron chi connectivity index (χ0n) is 18.8. The molecule has 1 aliphatic heterocycles. The lowest BCUT2D eigenvalue weighted by molar-refractivity contribution is -0.212. The number of alkyl halides is 3. The van der Waals surface area contributed by atoms with Gasteiger partial charge in [0.2, 0.25) is 0 Å². The van der Waals surface area contributed by atoms with Crippen LogP contribution in [0.5, 0.6) is 0 Å². The summed E-state index contributed by atoms with van der Waals surface area (Å²) in [5.41, 5.74) is 4.52. The number of rotatable bonds is 3. The van der Waals surface area contributed by atoms with Gasteiger partial charge in [0.15, 0.2) is 0 Å². The van der Waals surface area contributed by atoms with E-state index in [1.165, 1.54) is 10.7 Å². The third-order valence-corrected chi connectivity index (χ3v) is 6.42. The highest BCUT2D eigenvalue weighted by molar-refractivity contribution is 6.07. The van der Waals surface area contributed by atoms with Gasteiger partial charge in [0.1, 0.15) is 17.2 Å². The summed E-state index contributed by atoms with van der Waals surface area (Å²) >= 11 is 0. The standard InChI is InChI=1S/C24H16BF4N7/c1-13-21-22(32-36(13)25)14(2)35(17-5-7-33-8-6-30-20(33)10-17)23(21)18-4-3-15(9-19(18)26)16-11-31-34(12-16)24(27,28)29/h3-12,23H,2H2,1H3. The molecule has 1 atom stereocenters.